The van der Waals surface area contributed by atoms with Gasteiger partial charge in [0.15, 0.2) is 15.1 Å². The molecule has 3 unspecified atom stereocenters. The predicted molar refractivity (Wildman–Crippen MR) is 122 cm³/mol. The number of nitrogens with zero attached hydrogens (tertiary/aromatic N) is 1. The summed E-state index contributed by atoms with van der Waals surface area (Å²) in [5.41, 5.74) is 6.80. The van der Waals surface area contributed by atoms with Crippen LogP contribution < -0.4 is 10.5 Å². The lowest BCUT2D eigenvalue weighted by Gasteiger charge is -2.34. The average molecular weight is 459 g/mol. The number of esters is 1. The van der Waals surface area contributed by atoms with E-state index >= 15 is 0 Å². The SMILES string of the molecule is COC(=O)C(C(O)C1(Cc2cc(C)ccc2N)C=CC=N1)S(=O)(=O)c1ccc(OC)cc1. The molecule has 2 aromatic carbocycles. The number of allylic oxidation sites excluding steroid dienone is 1. The molecular weight excluding hydrogens is 432 g/mol. The van der Waals surface area contributed by atoms with E-state index in [1.165, 1.54) is 37.6 Å². The molecule has 2 aromatic rings. The van der Waals surface area contributed by atoms with Crippen LogP contribution in [0.2, 0.25) is 0 Å². The third-order valence-corrected chi connectivity index (χ3v) is 7.56. The van der Waals surface area contributed by atoms with Crippen LogP contribution in [0.3, 0.4) is 0 Å². The van der Waals surface area contributed by atoms with Gasteiger partial charge in [-0.15, -0.1) is 0 Å². The molecule has 1 aliphatic rings. The number of anilines is 1. The van der Waals surface area contributed by atoms with Crippen LogP contribution in [0, 0.1) is 6.92 Å². The summed E-state index contributed by atoms with van der Waals surface area (Å²) in [5.74, 6) is -0.630. The Labute approximate surface area is 187 Å². The molecule has 3 rings (SSSR count). The molecule has 0 saturated heterocycles. The van der Waals surface area contributed by atoms with Crippen LogP contribution in [-0.4, -0.2) is 56.8 Å². The van der Waals surface area contributed by atoms with Gasteiger partial charge in [-0.1, -0.05) is 23.8 Å². The van der Waals surface area contributed by atoms with Gasteiger partial charge in [-0.05, 0) is 48.9 Å². The molecule has 3 N–H and O–H groups in total. The number of hydrogen-bond acceptors (Lipinski definition) is 8. The number of hydrogen-bond donors (Lipinski definition) is 2. The number of aliphatic hydroxyl groups is 1. The molecular formula is C23H26N2O6S. The highest BCUT2D eigenvalue weighted by Crippen LogP contribution is 2.35. The third-order valence-electron chi connectivity index (χ3n) is 5.51. The fraction of sp³-hybridized carbons (Fsp3) is 0.304. The number of ether oxygens (including phenoxy) is 2. The Morgan fingerprint density at radius 3 is 2.44 bits per heavy atom. The molecule has 0 fully saturated rings. The van der Waals surface area contributed by atoms with Crippen molar-refractivity contribution >= 4 is 27.7 Å². The van der Waals surface area contributed by atoms with E-state index in [1.54, 1.807) is 18.2 Å². The van der Waals surface area contributed by atoms with Crippen molar-refractivity contribution in [3.8, 4) is 5.75 Å². The number of aliphatic imine (C=N–C) groups is 1. The second kappa shape index (κ2) is 9.13. The Bertz CT molecular complexity index is 1140. The molecule has 0 radical (unpaired) electrons. The molecule has 0 aromatic heterocycles. The highest BCUT2D eigenvalue weighted by Gasteiger charge is 2.51. The zero-order chi connectivity index (χ0) is 23.5. The number of benzene rings is 2. The maximum absolute atomic E-state index is 13.4. The van der Waals surface area contributed by atoms with Crippen molar-refractivity contribution in [2.45, 2.75) is 35.1 Å². The number of rotatable bonds is 8. The fourth-order valence-electron chi connectivity index (χ4n) is 3.73. The zero-order valence-electron chi connectivity index (χ0n) is 18.1. The van der Waals surface area contributed by atoms with Crippen molar-refractivity contribution in [1.82, 2.24) is 0 Å². The summed E-state index contributed by atoms with van der Waals surface area (Å²) in [4.78, 5) is 16.9. The average Bonchev–Trinajstić information content (AvgIpc) is 3.26. The number of carbonyl (C=O) groups excluding carboxylic acids is 1. The molecule has 8 nitrogen and oxygen atoms in total. The van der Waals surface area contributed by atoms with Gasteiger partial charge in [-0.3, -0.25) is 9.79 Å². The first-order valence-electron chi connectivity index (χ1n) is 9.86. The Hall–Kier alpha value is -3.17. The molecule has 1 aliphatic heterocycles. The van der Waals surface area contributed by atoms with E-state index in [-0.39, 0.29) is 11.3 Å². The predicted octanol–water partition coefficient (Wildman–Crippen LogP) is 1.88. The number of nitrogen functional groups attached to an aromatic ring is 1. The lowest BCUT2D eigenvalue weighted by atomic mass is 9.84. The van der Waals surface area contributed by atoms with Crippen LogP contribution in [0.15, 0.2) is 64.5 Å². The van der Waals surface area contributed by atoms with Gasteiger partial charge in [0.2, 0.25) is 0 Å². The molecule has 1 heterocycles. The molecule has 9 heteroatoms. The summed E-state index contributed by atoms with van der Waals surface area (Å²) in [6.45, 7) is 1.89. The molecule has 0 aliphatic carbocycles. The van der Waals surface area contributed by atoms with E-state index < -0.39 is 32.7 Å². The topological polar surface area (TPSA) is 128 Å². The van der Waals surface area contributed by atoms with E-state index in [1.807, 2.05) is 19.1 Å². The smallest absolute Gasteiger partial charge is 0.327 e. The van der Waals surface area contributed by atoms with Gasteiger partial charge in [0.1, 0.15) is 17.4 Å². The van der Waals surface area contributed by atoms with Crippen molar-refractivity contribution in [2.24, 2.45) is 4.99 Å². The Morgan fingerprint density at radius 2 is 1.88 bits per heavy atom. The highest BCUT2D eigenvalue weighted by atomic mass is 32.2. The normalized spacial score (nSPS) is 19.5. The lowest BCUT2D eigenvalue weighted by Crippen LogP contribution is -2.53. The second-order valence-electron chi connectivity index (χ2n) is 7.62. The zero-order valence-corrected chi connectivity index (χ0v) is 18.9. The number of nitrogens with two attached hydrogens (primary N) is 1. The van der Waals surface area contributed by atoms with E-state index in [4.69, 9.17) is 15.2 Å². The van der Waals surface area contributed by atoms with Crippen molar-refractivity contribution in [3.05, 3.63) is 65.7 Å². The first-order valence-corrected chi connectivity index (χ1v) is 11.4. The summed E-state index contributed by atoms with van der Waals surface area (Å²) < 4.78 is 36.7. The van der Waals surface area contributed by atoms with Crippen LogP contribution >= 0.6 is 0 Å². The largest absolute Gasteiger partial charge is 0.497 e. The van der Waals surface area contributed by atoms with Gasteiger partial charge in [0.25, 0.3) is 0 Å². The first-order chi connectivity index (χ1) is 15.1. The minimum absolute atomic E-state index is 0.0975. The van der Waals surface area contributed by atoms with Crippen LogP contribution in [0.25, 0.3) is 0 Å². The Kier molecular flexibility index (Phi) is 6.71. The van der Waals surface area contributed by atoms with Crippen LogP contribution in [0.1, 0.15) is 11.1 Å². The summed E-state index contributed by atoms with van der Waals surface area (Å²) in [7, 11) is -1.81. The Morgan fingerprint density at radius 1 is 1.19 bits per heavy atom. The van der Waals surface area contributed by atoms with Crippen LogP contribution in [0.4, 0.5) is 5.69 Å². The minimum Gasteiger partial charge on any atom is -0.497 e. The van der Waals surface area contributed by atoms with E-state index in [0.29, 0.717) is 17.0 Å². The first kappa shape index (κ1) is 23.5. The molecule has 0 bridgehead atoms. The second-order valence-corrected chi connectivity index (χ2v) is 9.69. The third kappa shape index (κ3) is 4.39. The summed E-state index contributed by atoms with van der Waals surface area (Å²) >= 11 is 0. The van der Waals surface area contributed by atoms with E-state index in [9.17, 15) is 18.3 Å². The van der Waals surface area contributed by atoms with Crippen molar-refractivity contribution in [1.29, 1.82) is 0 Å². The lowest BCUT2D eigenvalue weighted by molar-refractivity contribution is -0.142. The quantitative estimate of drug-likeness (QED) is 0.456. The maximum atomic E-state index is 13.4. The number of methoxy groups -OCH3 is 2. The molecule has 0 saturated carbocycles. The standard InChI is InChI=1S/C23H26N2O6S/c1-15-5-10-19(24)16(13-15)14-23(11-4-12-25-23)21(26)20(22(27)31-3)32(28,29)18-8-6-17(30-2)7-9-18/h4-13,20-21,26H,14,24H2,1-3H3. The van der Waals surface area contributed by atoms with Gasteiger partial charge >= 0.3 is 5.97 Å². The van der Waals surface area contributed by atoms with Gasteiger partial charge in [-0.2, -0.15) is 0 Å². The molecule has 32 heavy (non-hydrogen) atoms. The van der Waals surface area contributed by atoms with Gasteiger partial charge < -0.3 is 20.3 Å². The van der Waals surface area contributed by atoms with E-state index in [0.717, 1.165) is 12.7 Å². The molecule has 0 amide bonds. The van der Waals surface area contributed by atoms with Gasteiger partial charge in [0.05, 0.1) is 19.1 Å². The number of aryl methyl sites for hydroxylation is 1. The summed E-state index contributed by atoms with van der Waals surface area (Å²) in [5, 5.41) is 9.46. The summed E-state index contributed by atoms with van der Waals surface area (Å²) in [6.07, 6.45) is 3.00. The fourth-order valence-corrected chi connectivity index (χ4v) is 5.46. The molecule has 170 valence electrons. The molecule has 0 spiro atoms. The van der Waals surface area contributed by atoms with Crippen LogP contribution in [-0.2, 0) is 25.8 Å². The number of carbonyl (C=O) groups is 1. The Balaban J connectivity index is 2.07. The number of sulfone groups is 1. The number of aliphatic hydroxyl groups excluding tert-OH is 1. The van der Waals surface area contributed by atoms with Gasteiger partial charge in [0, 0.05) is 18.3 Å². The maximum Gasteiger partial charge on any atom is 0.327 e. The molecule has 3 atom stereocenters. The minimum atomic E-state index is -4.34. The highest BCUT2D eigenvalue weighted by molar-refractivity contribution is 7.92. The van der Waals surface area contributed by atoms with Gasteiger partial charge in [-0.25, -0.2) is 8.42 Å². The monoisotopic (exact) mass is 458 g/mol. The summed E-state index contributed by atoms with van der Waals surface area (Å²) in [6, 6.07) is 11.0. The van der Waals surface area contributed by atoms with E-state index in [2.05, 4.69) is 4.99 Å². The van der Waals surface area contributed by atoms with Crippen molar-refractivity contribution in [3.63, 3.8) is 0 Å². The van der Waals surface area contributed by atoms with Crippen molar-refractivity contribution < 1.29 is 27.8 Å². The van der Waals surface area contributed by atoms with Crippen LogP contribution in [0.5, 0.6) is 5.75 Å². The van der Waals surface area contributed by atoms with Crippen molar-refractivity contribution in [2.75, 3.05) is 20.0 Å².